The van der Waals surface area contributed by atoms with Crippen LogP contribution < -0.4 is 5.32 Å². The molecule has 3 rings (SSSR count). The minimum Gasteiger partial charge on any atom is -0.480 e. The molecule has 1 aromatic rings. The van der Waals surface area contributed by atoms with Gasteiger partial charge in [0.1, 0.15) is 6.04 Å². The Morgan fingerprint density at radius 1 is 1.24 bits per heavy atom. The third kappa shape index (κ3) is 2.94. The lowest BCUT2D eigenvalue weighted by atomic mass is 10.0. The van der Waals surface area contributed by atoms with Crippen molar-refractivity contribution in [3.8, 4) is 0 Å². The quantitative estimate of drug-likeness (QED) is 0.873. The average Bonchev–Trinajstić information content (AvgIpc) is 2.97. The summed E-state index contributed by atoms with van der Waals surface area (Å²) in [4.78, 5) is 23.7. The summed E-state index contributed by atoms with van der Waals surface area (Å²) in [5.41, 5.74) is 1.14. The van der Waals surface area contributed by atoms with Crippen LogP contribution in [0.3, 0.4) is 0 Å². The maximum absolute atomic E-state index is 12.3. The summed E-state index contributed by atoms with van der Waals surface area (Å²) in [6.07, 6.45) is 5.94. The molecule has 2 fully saturated rings. The first-order chi connectivity index (χ1) is 10.1. The van der Waals surface area contributed by atoms with Crippen molar-refractivity contribution in [2.24, 2.45) is 11.3 Å². The molecule has 4 nitrogen and oxygen atoms in total. The van der Waals surface area contributed by atoms with Gasteiger partial charge in [-0.3, -0.25) is 4.79 Å². The van der Waals surface area contributed by atoms with Crippen molar-refractivity contribution in [1.29, 1.82) is 0 Å². The van der Waals surface area contributed by atoms with E-state index in [1.54, 1.807) is 0 Å². The van der Waals surface area contributed by atoms with E-state index >= 15 is 0 Å². The molecule has 0 saturated heterocycles. The molecule has 2 atom stereocenters. The van der Waals surface area contributed by atoms with E-state index in [1.165, 1.54) is 12.8 Å². The molecule has 0 bridgehead atoms. The van der Waals surface area contributed by atoms with Gasteiger partial charge in [0.25, 0.3) is 0 Å². The SMILES string of the molecule is O=C(N[C@H](Cc1ccccc1)C(=O)O)C1CC12CCCC2. The van der Waals surface area contributed by atoms with Crippen molar-refractivity contribution in [3.05, 3.63) is 35.9 Å². The maximum atomic E-state index is 12.3. The molecule has 2 aliphatic rings. The van der Waals surface area contributed by atoms with Crippen LogP contribution in [0.4, 0.5) is 0 Å². The molecule has 4 heteroatoms. The average molecular weight is 287 g/mol. The summed E-state index contributed by atoms with van der Waals surface area (Å²) in [5.74, 6) is -0.994. The summed E-state index contributed by atoms with van der Waals surface area (Å²) in [5, 5.41) is 12.1. The molecule has 1 amide bonds. The number of benzene rings is 1. The summed E-state index contributed by atoms with van der Waals surface area (Å²) in [7, 11) is 0. The highest BCUT2D eigenvalue weighted by molar-refractivity contribution is 5.87. The molecule has 1 aromatic carbocycles. The van der Waals surface area contributed by atoms with Crippen LogP contribution in [0.1, 0.15) is 37.7 Å². The van der Waals surface area contributed by atoms with Gasteiger partial charge in [0.15, 0.2) is 0 Å². The zero-order valence-electron chi connectivity index (χ0n) is 12.0. The fraction of sp³-hybridized carbons (Fsp3) is 0.529. The van der Waals surface area contributed by atoms with Gasteiger partial charge in [-0.25, -0.2) is 4.79 Å². The van der Waals surface area contributed by atoms with E-state index in [-0.39, 0.29) is 17.2 Å². The Bertz CT molecular complexity index is 534. The molecule has 2 N–H and O–H groups in total. The van der Waals surface area contributed by atoms with Gasteiger partial charge in [-0.2, -0.15) is 0 Å². The van der Waals surface area contributed by atoms with Crippen LogP contribution in [-0.2, 0) is 16.0 Å². The Morgan fingerprint density at radius 3 is 2.52 bits per heavy atom. The molecule has 0 heterocycles. The fourth-order valence-corrected chi connectivity index (χ4v) is 3.67. The Morgan fingerprint density at radius 2 is 1.90 bits per heavy atom. The van der Waals surface area contributed by atoms with Crippen molar-refractivity contribution >= 4 is 11.9 Å². The number of hydrogen-bond acceptors (Lipinski definition) is 2. The lowest BCUT2D eigenvalue weighted by Crippen LogP contribution is -2.43. The largest absolute Gasteiger partial charge is 0.480 e. The molecule has 1 spiro atoms. The van der Waals surface area contributed by atoms with Gasteiger partial charge in [-0.05, 0) is 30.2 Å². The third-order valence-electron chi connectivity index (χ3n) is 5.00. The van der Waals surface area contributed by atoms with Crippen LogP contribution in [-0.4, -0.2) is 23.0 Å². The highest BCUT2D eigenvalue weighted by atomic mass is 16.4. The van der Waals surface area contributed by atoms with Gasteiger partial charge in [0.05, 0.1) is 0 Å². The molecule has 0 aliphatic heterocycles. The molecule has 21 heavy (non-hydrogen) atoms. The molecule has 1 unspecified atom stereocenters. The van der Waals surface area contributed by atoms with Crippen LogP contribution >= 0.6 is 0 Å². The standard InChI is InChI=1S/C17H21NO3/c19-15(13-11-17(13)8-4-5-9-17)18-14(16(20)21)10-12-6-2-1-3-7-12/h1-3,6-7,13-14H,4-5,8-11H2,(H,18,19)(H,20,21)/t13?,14-/m1/s1. The number of carbonyl (C=O) groups is 2. The predicted molar refractivity (Wildman–Crippen MR) is 78.7 cm³/mol. The van der Waals surface area contributed by atoms with E-state index < -0.39 is 12.0 Å². The molecule has 112 valence electrons. The van der Waals surface area contributed by atoms with Crippen LogP contribution in [0.2, 0.25) is 0 Å². The van der Waals surface area contributed by atoms with Crippen molar-refractivity contribution in [2.45, 2.75) is 44.6 Å². The van der Waals surface area contributed by atoms with E-state index in [2.05, 4.69) is 5.32 Å². The minimum atomic E-state index is -0.965. The van der Waals surface area contributed by atoms with Crippen molar-refractivity contribution in [2.75, 3.05) is 0 Å². The molecule has 0 aromatic heterocycles. The molecule has 0 radical (unpaired) electrons. The predicted octanol–water partition coefficient (Wildman–Crippen LogP) is 2.38. The first-order valence-corrected chi connectivity index (χ1v) is 7.68. The highest BCUT2D eigenvalue weighted by Crippen LogP contribution is 2.62. The van der Waals surface area contributed by atoms with Crippen LogP contribution in [0, 0.1) is 11.3 Å². The van der Waals surface area contributed by atoms with Gasteiger partial charge in [-0.1, -0.05) is 43.2 Å². The van der Waals surface area contributed by atoms with Gasteiger partial charge >= 0.3 is 5.97 Å². The van der Waals surface area contributed by atoms with E-state index in [9.17, 15) is 14.7 Å². The van der Waals surface area contributed by atoms with Crippen LogP contribution in [0.5, 0.6) is 0 Å². The minimum absolute atomic E-state index is 0.0395. The second kappa shape index (κ2) is 5.51. The van der Waals surface area contributed by atoms with Crippen LogP contribution in [0.25, 0.3) is 0 Å². The number of hydrogen-bond donors (Lipinski definition) is 2. The summed E-state index contributed by atoms with van der Waals surface area (Å²) < 4.78 is 0. The lowest BCUT2D eigenvalue weighted by molar-refractivity contribution is -0.142. The van der Waals surface area contributed by atoms with Gasteiger partial charge < -0.3 is 10.4 Å². The monoisotopic (exact) mass is 287 g/mol. The van der Waals surface area contributed by atoms with Crippen molar-refractivity contribution < 1.29 is 14.7 Å². The van der Waals surface area contributed by atoms with Crippen LogP contribution in [0.15, 0.2) is 30.3 Å². The number of aliphatic carboxylic acids is 1. The third-order valence-corrected chi connectivity index (χ3v) is 5.00. The number of carboxylic acids is 1. The smallest absolute Gasteiger partial charge is 0.326 e. The maximum Gasteiger partial charge on any atom is 0.326 e. The van der Waals surface area contributed by atoms with E-state index in [0.29, 0.717) is 6.42 Å². The zero-order chi connectivity index (χ0) is 14.9. The Kier molecular flexibility index (Phi) is 3.70. The number of rotatable bonds is 5. The first kappa shape index (κ1) is 14.1. The Labute approximate surface area is 124 Å². The molecule has 2 saturated carbocycles. The number of carboxylic acid groups (broad SMARTS) is 1. The molecular weight excluding hydrogens is 266 g/mol. The molecular formula is C17H21NO3. The fourth-order valence-electron chi connectivity index (χ4n) is 3.67. The first-order valence-electron chi connectivity index (χ1n) is 7.68. The zero-order valence-corrected chi connectivity index (χ0v) is 12.0. The summed E-state index contributed by atoms with van der Waals surface area (Å²) in [6.45, 7) is 0. The van der Waals surface area contributed by atoms with Gasteiger partial charge in [0.2, 0.25) is 5.91 Å². The number of carbonyl (C=O) groups excluding carboxylic acids is 1. The van der Waals surface area contributed by atoms with E-state index in [4.69, 9.17) is 0 Å². The summed E-state index contributed by atoms with van der Waals surface area (Å²) >= 11 is 0. The van der Waals surface area contributed by atoms with E-state index in [1.807, 2.05) is 30.3 Å². The number of nitrogens with one attached hydrogen (secondary N) is 1. The van der Waals surface area contributed by atoms with Crippen molar-refractivity contribution in [3.63, 3.8) is 0 Å². The second-order valence-electron chi connectivity index (χ2n) is 6.42. The lowest BCUT2D eigenvalue weighted by Gasteiger charge is -2.16. The summed E-state index contributed by atoms with van der Waals surface area (Å²) in [6, 6.07) is 8.59. The highest BCUT2D eigenvalue weighted by Gasteiger charge is 2.58. The normalized spacial score (nSPS) is 23.7. The van der Waals surface area contributed by atoms with Gasteiger partial charge in [-0.15, -0.1) is 0 Å². The Hall–Kier alpha value is -1.84. The number of amides is 1. The second-order valence-corrected chi connectivity index (χ2v) is 6.42. The Balaban J connectivity index is 1.61. The molecule has 2 aliphatic carbocycles. The topological polar surface area (TPSA) is 66.4 Å². The van der Waals surface area contributed by atoms with Gasteiger partial charge in [0, 0.05) is 12.3 Å². The van der Waals surface area contributed by atoms with E-state index in [0.717, 1.165) is 24.8 Å². The van der Waals surface area contributed by atoms with Crippen molar-refractivity contribution in [1.82, 2.24) is 5.32 Å².